The van der Waals surface area contributed by atoms with E-state index < -0.39 is 0 Å². The molecule has 6 fully saturated rings. The van der Waals surface area contributed by atoms with Gasteiger partial charge in [0.25, 0.3) is 0 Å². The maximum atomic E-state index is 12.9. The van der Waals surface area contributed by atoms with Gasteiger partial charge in [-0.2, -0.15) is 0 Å². The highest BCUT2D eigenvalue weighted by molar-refractivity contribution is 5.82. The van der Waals surface area contributed by atoms with Crippen LogP contribution in [-0.2, 0) is 9.59 Å². The zero-order valence-electron chi connectivity index (χ0n) is 16.2. The number of nitrogens with zero attached hydrogens (tertiary/aromatic N) is 1. The van der Waals surface area contributed by atoms with Gasteiger partial charge in [-0.15, -0.1) is 0 Å². The van der Waals surface area contributed by atoms with Gasteiger partial charge in [0, 0.05) is 31.0 Å². The SMILES string of the molecule is C[C@H](NC(=O)C1CCN(C(=O)C2CC2)CC1)C12CC3CC(CC(C3)C1)C2. The number of rotatable bonds is 4. The average molecular weight is 359 g/mol. The summed E-state index contributed by atoms with van der Waals surface area (Å²) in [6, 6.07) is 0.314. The van der Waals surface area contributed by atoms with Crippen molar-refractivity contribution in [2.24, 2.45) is 35.0 Å². The lowest BCUT2D eigenvalue weighted by Crippen LogP contribution is -2.57. The fourth-order valence-electron chi connectivity index (χ4n) is 7.14. The van der Waals surface area contributed by atoms with Gasteiger partial charge in [0.05, 0.1) is 0 Å². The maximum absolute atomic E-state index is 12.9. The molecule has 5 saturated carbocycles. The van der Waals surface area contributed by atoms with E-state index in [1.165, 1.54) is 38.5 Å². The summed E-state index contributed by atoms with van der Waals surface area (Å²) >= 11 is 0. The second-order valence-corrected chi connectivity index (χ2v) is 10.4. The third-order valence-electron chi connectivity index (χ3n) is 8.47. The molecule has 144 valence electrons. The van der Waals surface area contributed by atoms with Crippen molar-refractivity contribution < 1.29 is 9.59 Å². The quantitative estimate of drug-likeness (QED) is 0.838. The molecule has 1 heterocycles. The van der Waals surface area contributed by atoms with Gasteiger partial charge in [0.1, 0.15) is 0 Å². The van der Waals surface area contributed by atoms with Crippen molar-refractivity contribution in [1.82, 2.24) is 10.2 Å². The van der Waals surface area contributed by atoms with E-state index in [0.717, 1.165) is 56.5 Å². The van der Waals surface area contributed by atoms with E-state index in [1.54, 1.807) is 0 Å². The van der Waals surface area contributed by atoms with E-state index in [4.69, 9.17) is 0 Å². The number of carbonyl (C=O) groups is 2. The van der Waals surface area contributed by atoms with Crippen molar-refractivity contribution in [2.45, 2.75) is 77.2 Å². The molecule has 4 heteroatoms. The van der Waals surface area contributed by atoms with Crippen molar-refractivity contribution in [2.75, 3.05) is 13.1 Å². The molecule has 26 heavy (non-hydrogen) atoms. The molecule has 6 rings (SSSR count). The Labute approximate surface area is 157 Å². The number of amides is 2. The Morgan fingerprint density at radius 2 is 1.42 bits per heavy atom. The van der Waals surface area contributed by atoms with Crippen LogP contribution in [0.3, 0.4) is 0 Å². The van der Waals surface area contributed by atoms with Crippen molar-refractivity contribution in [3.63, 3.8) is 0 Å². The Morgan fingerprint density at radius 1 is 0.885 bits per heavy atom. The molecular formula is C22H34N2O2. The van der Waals surface area contributed by atoms with Crippen LogP contribution in [-0.4, -0.2) is 35.8 Å². The van der Waals surface area contributed by atoms with Crippen molar-refractivity contribution in [3.8, 4) is 0 Å². The molecule has 4 bridgehead atoms. The topological polar surface area (TPSA) is 49.4 Å². The first-order valence-electron chi connectivity index (χ1n) is 11.1. The number of carbonyl (C=O) groups excluding carboxylic acids is 2. The normalized spacial score (nSPS) is 40.5. The predicted octanol–water partition coefficient (Wildman–Crippen LogP) is 3.36. The maximum Gasteiger partial charge on any atom is 0.225 e. The van der Waals surface area contributed by atoms with Crippen molar-refractivity contribution in [1.29, 1.82) is 0 Å². The fourth-order valence-corrected chi connectivity index (χ4v) is 7.14. The number of hydrogen-bond donors (Lipinski definition) is 1. The smallest absolute Gasteiger partial charge is 0.225 e. The summed E-state index contributed by atoms with van der Waals surface area (Å²) in [5, 5.41) is 3.44. The van der Waals surface area contributed by atoms with Gasteiger partial charge in [-0.25, -0.2) is 0 Å². The summed E-state index contributed by atoms with van der Waals surface area (Å²) in [4.78, 5) is 27.1. The first kappa shape index (κ1) is 17.1. The van der Waals surface area contributed by atoms with Gasteiger partial charge in [0.15, 0.2) is 0 Å². The Bertz CT molecular complexity index is 554. The van der Waals surface area contributed by atoms with Crippen LogP contribution in [0.4, 0.5) is 0 Å². The molecule has 5 aliphatic carbocycles. The van der Waals surface area contributed by atoms with Crippen LogP contribution in [0.5, 0.6) is 0 Å². The fraction of sp³-hybridized carbons (Fsp3) is 0.909. The minimum atomic E-state index is 0.106. The molecule has 6 aliphatic rings. The minimum Gasteiger partial charge on any atom is -0.353 e. The Balaban J connectivity index is 1.16. The predicted molar refractivity (Wildman–Crippen MR) is 100 cm³/mol. The summed E-state index contributed by atoms with van der Waals surface area (Å²) in [6.45, 7) is 3.83. The number of nitrogens with one attached hydrogen (secondary N) is 1. The van der Waals surface area contributed by atoms with Crippen LogP contribution in [0.15, 0.2) is 0 Å². The zero-order chi connectivity index (χ0) is 17.9. The standard InChI is InChI=1S/C22H34N2O2/c1-14(22-11-15-8-16(12-22)10-17(9-15)13-22)23-20(25)18-4-6-24(7-5-18)21(26)19-2-3-19/h14-19H,2-13H2,1H3,(H,23,25)/t14-,15?,16?,17?,22?/m0/s1. The van der Waals surface area contributed by atoms with E-state index in [9.17, 15) is 9.59 Å². The third kappa shape index (κ3) is 2.97. The third-order valence-corrected chi connectivity index (χ3v) is 8.47. The van der Waals surface area contributed by atoms with Crippen LogP contribution in [0.1, 0.15) is 71.1 Å². The minimum absolute atomic E-state index is 0.106. The molecule has 0 unspecified atom stereocenters. The summed E-state index contributed by atoms with van der Waals surface area (Å²) in [5.41, 5.74) is 0.382. The van der Waals surface area contributed by atoms with E-state index in [1.807, 2.05) is 4.90 Å². The summed E-state index contributed by atoms with van der Waals surface area (Å²) in [5.74, 6) is 3.79. The highest BCUT2D eigenvalue weighted by atomic mass is 16.2. The van der Waals surface area contributed by atoms with E-state index in [2.05, 4.69) is 12.2 Å². The largest absolute Gasteiger partial charge is 0.353 e. The van der Waals surface area contributed by atoms with E-state index >= 15 is 0 Å². The Kier molecular flexibility index (Phi) is 4.09. The lowest BCUT2D eigenvalue weighted by atomic mass is 9.48. The van der Waals surface area contributed by atoms with Crippen molar-refractivity contribution >= 4 is 11.8 Å². The summed E-state index contributed by atoms with van der Waals surface area (Å²) in [7, 11) is 0. The van der Waals surface area contributed by atoms with Crippen LogP contribution in [0.2, 0.25) is 0 Å². The van der Waals surface area contributed by atoms with Crippen molar-refractivity contribution in [3.05, 3.63) is 0 Å². The molecule has 0 aromatic rings. The van der Waals surface area contributed by atoms with Gasteiger partial charge >= 0.3 is 0 Å². The van der Waals surface area contributed by atoms with Gasteiger partial charge in [-0.05, 0) is 94.3 Å². The van der Waals surface area contributed by atoms with Gasteiger partial charge in [0.2, 0.25) is 11.8 Å². The summed E-state index contributed by atoms with van der Waals surface area (Å²) in [6.07, 6.45) is 12.2. The molecule has 1 N–H and O–H groups in total. The zero-order valence-corrected chi connectivity index (χ0v) is 16.2. The van der Waals surface area contributed by atoms with Crippen LogP contribution < -0.4 is 5.32 Å². The molecule has 0 spiro atoms. The molecule has 1 atom stereocenters. The monoisotopic (exact) mass is 358 g/mol. The first-order chi connectivity index (χ1) is 12.5. The van der Waals surface area contributed by atoms with Crippen LogP contribution >= 0.6 is 0 Å². The molecule has 0 radical (unpaired) electrons. The van der Waals surface area contributed by atoms with E-state index in [-0.39, 0.29) is 11.8 Å². The second kappa shape index (κ2) is 6.24. The summed E-state index contributed by atoms with van der Waals surface area (Å²) < 4.78 is 0. The highest BCUT2D eigenvalue weighted by Gasteiger charge is 2.53. The molecule has 4 nitrogen and oxygen atoms in total. The number of piperidine rings is 1. The van der Waals surface area contributed by atoms with Gasteiger partial charge in [-0.3, -0.25) is 9.59 Å². The number of hydrogen-bond acceptors (Lipinski definition) is 2. The number of likely N-dealkylation sites (tertiary alicyclic amines) is 1. The lowest BCUT2D eigenvalue weighted by molar-refractivity contribution is -0.138. The van der Waals surface area contributed by atoms with Gasteiger partial charge in [-0.1, -0.05) is 0 Å². The molecule has 1 aliphatic heterocycles. The Hall–Kier alpha value is -1.06. The van der Waals surface area contributed by atoms with E-state index in [0.29, 0.717) is 23.3 Å². The first-order valence-corrected chi connectivity index (χ1v) is 11.1. The molecule has 1 saturated heterocycles. The van der Waals surface area contributed by atoms with Crippen LogP contribution in [0.25, 0.3) is 0 Å². The molecule has 2 amide bonds. The molecular weight excluding hydrogens is 324 g/mol. The Morgan fingerprint density at radius 3 is 1.92 bits per heavy atom. The second-order valence-electron chi connectivity index (χ2n) is 10.4. The average Bonchev–Trinajstić information content (AvgIpc) is 3.45. The molecule has 0 aromatic heterocycles. The lowest BCUT2D eigenvalue weighted by Gasteiger charge is -2.59. The van der Waals surface area contributed by atoms with Crippen LogP contribution in [0, 0.1) is 35.0 Å². The van der Waals surface area contributed by atoms with Gasteiger partial charge < -0.3 is 10.2 Å². The highest BCUT2D eigenvalue weighted by Crippen LogP contribution is 2.61. The molecule has 0 aromatic carbocycles.